The molecular formula is C20H19Cl2N3O2S. The van der Waals surface area contributed by atoms with Gasteiger partial charge in [-0.05, 0) is 48.9 Å². The largest absolute Gasteiger partial charge is 0.468 e. The average Bonchev–Trinajstić information content (AvgIpc) is 3.00. The van der Waals surface area contributed by atoms with Crippen LogP contribution in [-0.2, 0) is 9.53 Å². The number of carbonyl (C=O) groups is 1. The van der Waals surface area contributed by atoms with E-state index in [2.05, 4.69) is 10.4 Å². The summed E-state index contributed by atoms with van der Waals surface area (Å²) in [6.07, 6.45) is 0. The smallest absolute Gasteiger partial charge is 0.319 e. The molecule has 1 N–H and O–H groups in total. The number of hydrazone groups is 1. The van der Waals surface area contributed by atoms with Gasteiger partial charge in [0.25, 0.3) is 0 Å². The van der Waals surface area contributed by atoms with Crippen LogP contribution in [0, 0.1) is 5.41 Å². The zero-order valence-electron chi connectivity index (χ0n) is 15.4. The molecule has 1 unspecified atom stereocenters. The van der Waals surface area contributed by atoms with Crippen molar-refractivity contribution < 1.29 is 9.53 Å². The topological polar surface area (TPSA) is 53.9 Å². The fourth-order valence-electron chi connectivity index (χ4n) is 3.09. The molecule has 0 amide bonds. The van der Waals surface area contributed by atoms with E-state index in [1.165, 1.54) is 7.11 Å². The summed E-state index contributed by atoms with van der Waals surface area (Å²) < 4.78 is 5.04. The summed E-state index contributed by atoms with van der Waals surface area (Å²) in [6, 6.07) is 14.5. The second kappa shape index (κ2) is 8.47. The third kappa shape index (κ3) is 4.46. The number of nitrogens with one attached hydrogen (secondary N) is 1. The van der Waals surface area contributed by atoms with Crippen LogP contribution in [0.1, 0.15) is 12.5 Å². The van der Waals surface area contributed by atoms with Crippen LogP contribution < -0.4 is 5.32 Å². The summed E-state index contributed by atoms with van der Waals surface area (Å²) in [5.74, 6) is -0.347. The molecule has 5 nitrogen and oxygen atoms in total. The van der Waals surface area contributed by atoms with Crippen molar-refractivity contribution in [3.8, 4) is 0 Å². The van der Waals surface area contributed by atoms with Crippen molar-refractivity contribution in [2.45, 2.75) is 6.92 Å². The van der Waals surface area contributed by atoms with Gasteiger partial charge in [0, 0.05) is 15.7 Å². The first-order valence-corrected chi connectivity index (χ1v) is 9.72. The molecule has 1 aliphatic rings. The molecule has 2 aromatic carbocycles. The summed E-state index contributed by atoms with van der Waals surface area (Å²) in [7, 11) is 1.38. The van der Waals surface area contributed by atoms with Gasteiger partial charge in [-0.1, -0.05) is 47.6 Å². The van der Waals surface area contributed by atoms with E-state index >= 15 is 0 Å². The first-order valence-electron chi connectivity index (χ1n) is 8.55. The molecule has 0 fully saturated rings. The molecule has 1 heterocycles. The lowest BCUT2D eigenvalue weighted by Crippen LogP contribution is -2.41. The van der Waals surface area contributed by atoms with Crippen LogP contribution in [0.3, 0.4) is 0 Å². The minimum Gasteiger partial charge on any atom is -0.468 e. The molecule has 28 heavy (non-hydrogen) atoms. The van der Waals surface area contributed by atoms with Crippen LogP contribution in [-0.4, -0.2) is 41.9 Å². The van der Waals surface area contributed by atoms with Crippen molar-refractivity contribution in [2.24, 2.45) is 10.5 Å². The molecule has 0 aromatic heterocycles. The maximum Gasteiger partial charge on any atom is 0.319 e. The van der Waals surface area contributed by atoms with E-state index in [1.807, 2.05) is 31.2 Å². The average molecular weight is 436 g/mol. The molecule has 0 aliphatic carbocycles. The minimum atomic E-state index is -0.904. The molecule has 0 spiro atoms. The van der Waals surface area contributed by atoms with E-state index in [1.54, 1.807) is 29.3 Å². The standard InChI is InChI=1S/C20H19Cl2N3O2S/c1-20(19(26)27-2)12-25(24-18(20)13-3-5-14(21)6-4-13)11-17(28)23-16-9-7-15(22)8-10-16/h3-10H,11-12H2,1-2H3,(H,23,28). The fraction of sp³-hybridized carbons (Fsp3) is 0.250. The first kappa shape index (κ1) is 20.6. The molecule has 146 valence electrons. The van der Waals surface area contributed by atoms with Crippen molar-refractivity contribution in [3.05, 3.63) is 64.1 Å². The number of hydrogen-bond donors (Lipinski definition) is 1. The molecule has 1 atom stereocenters. The van der Waals surface area contributed by atoms with Crippen LogP contribution in [0.15, 0.2) is 53.6 Å². The van der Waals surface area contributed by atoms with Crippen molar-refractivity contribution in [2.75, 3.05) is 25.5 Å². The third-order valence-corrected chi connectivity index (χ3v) is 5.21. The van der Waals surface area contributed by atoms with Gasteiger partial charge in [-0.15, -0.1) is 0 Å². The number of anilines is 1. The number of rotatable bonds is 5. The highest BCUT2D eigenvalue weighted by atomic mass is 35.5. The second-order valence-corrected chi connectivity index (χ2v) is 8.02. The molecule has 0 bridgehead atoms. The number of nitrogens with zero attached hydrogens (tertiary/aromatic N) is 2. The molecular weight excluding hydrogens is 417 g/mol. The van der Waals surface area contributed by atoms with Crippen LogP contribution in [0.5, 0.6) is 0 Å². The highest BCUT2D eigenvalue weighted by Crippen LogP contribution is 2.33. The SMILES string of the molecule is COC(=O)C1(C)CN(CC(=S)Nc2ccc(Cl)cc2)N=C1c1ccc(Cl)cc1. The highest BCUT2D eigenvalue weighted by Gasteiger charge is 2.46. The van der Waals surface area contributed by atoms with Gasteiger partial charge >= 0.3 is 5.97 Å². The second-order valence-electron chi connectivity index (χ2n) is 6.66. The lowest BCUT2D eigenvalue weighted by Gasteiger charge is -2.24. The van der Waals surface area contributed by atoms with Gasteiger partial charge in [-0.25, -0.2) is 0 Å². The minimum absolute atomic E-state index is 0.347. The Labute approximate surface area is 179 Å². The molecule has 0 saturated carbocycles. The Balaban J connectivity index is 1.79. The Morgan fingerprint density at radius 3 is 2.32 bits per heavy atom. The van der Waals surface area contributed by atoms with Gasteiger partial charge in [0.15, 0.2) is 0 Å². The molecule has 2 aromatic rings. The van der Waals surface area contributed by atoms with E-state index in [4.69, 9.17) is 40.2 Å². The summed E-state index contributed by atoms with van der Waals surface area (Å²) in [4.78, 5) is 13.1. The number of methoxy groups -OCH3 is 1. The maximum absolute atomic E-state index is 12.5. The number of ether oxygens (including phenoxy) is 1. The van der Waals surface area contributed by atoms with Gasteiger partial charge in [0.2, 0.25) is 0 Å². The lowest BCUT2D eigenvalue weighted by molar-refractivity contribution is -0.147. The number of benzene rings is 2. The molecule has 0 saturated heterocycles. The molecule has 3 rings (SSSR count). The van der Waals surface area contributed by atoms with Gasteiger partial charge in [0.1, 0.15) is 10.4 Å². The van der Waals surface area contributed by atoms with Crippen molar-refractivity contribution in [1.29, 1.82) is 0 Å². The molecule has 1 aliphatic heterocycles. The van der Waals surface area contributed by atoms with Crippen LogP contribution >= 0.6 is 35.4 Å². The van der Waals surface area contributed by atoms with E-state index in [9.17, 15) is 4.79 Å². The normalized spacial score (nSPS) is 18.6. The van der Waals surface area contributed by atoms with Gasteiger partial charge < -0.3 is 10.1 Å². The zero-order chi connectivity index (χ0) is 20.3. The summed E-state index contributed by atoms with van der Waals surface area (Å²) in [6.45, 7) is 2.55. The van der Waals surface area contributed by atoms with E-state index in [-0.39, 0.29) is 5.97 Å². The Morgan fingerprint density at radius 1 is 1.18 bits per heavy atom. The summed E-state index contributed by atoms with van der Waals surface area (Å²) in [5.41, 5.74) is 1.38. The van der Waals surface area contributed by atoms with Crippen molar-refractivity contribution in [3.63, 3.8) is 0 Å². The number of halogens is 2. The van der Waals surface area contributed by atoms with Crippen LogP contribution in [0.25, 0.3) is 0 Å². The predicted molar refractivity (Wildman–Crippen MR) is 117 cm³/mol. The number of carbonyl (C=O) groups excluding carboxylic acids is 1. The predicted octanol–water partition coefficient (Wildman–Crippen LogP) is 4.63. The van der Waals surface area contributed by atoms with Gasteiger partial charge in [0.05, 0.1) is 25.9 Å². The van der Waals surface area contributed by atoms with Crippen molar-refractivity contribution >= 4 is 57.8 Å². The van der Waals surface area contributed by atoms with Crippen molar-refractivity contribution in [1.82, 2.24) is 5.01 Å². The number of esters is 1. The Bertz CT molecular complexity index is 916. The molecule has 8 heteroatoms. The van der Waals surface area contributed by atoms with Crippen LogP contribution in [0.4, 0.5) is 5.69 Å². The number of thiocarbonyl (C=S) groups is 1. The first-order chi connectivity index (χ1) is 13.3. The van der Waals surface area contributed by atoms with Crippen LogP contribution in [0.2, 0.25) is 10.0 Å². The Hall–Kier alpha value is -2.15. The monoisotopic (exact) mass is 435 g/mol. The summed E-state index contributed by atoms with van der Waals surface area (Å²) >= 11 is 17.4. The third-order valence-electron chi connectivity index (χ3n) is 4.47. The fourth-order valence-corrected chi connectivity index (χ4v) is 3.61. The highest BCUT2D eigenvalue weighted by molar-refractivity contribution is 7.80. The van der Waals surface area contributed by atoms with E-state index < -0.39 is 5.41 Å². The lowest BCUT2D eigenvalue weighted by atomic mass is 9.82. The van der Waals surface area contributed by atoms with E-state index in [0.29, 0.717) is 33.8 Å². The quantitative estimate of drug-likeness (QED) is 0.547. The van der Waals surface area contributed by atoms with E-state index in [0.717, 1.165) is 11.3 Å². The van der Waals surface area contributed by atoms with Gasteiger partial charge in [-0.2, -0.15) is 5.10 Å². The Morgan fingerprint density at radius 2 is 1.75 bits per heavy atom. The maximum atomic E-state index is 12.5. The Kier molecular flexibility index (Phi) is 6.23. The summed E-state index contributed by atoms with van der Waals surface area (Å²) in [5, 5.41) is 10.9. The van der Waals surface area contributed by atoms with Gasteiger partial charge in [-0.3, -0.25) is 9.80 Å². The number of hydrogen-bond acceptors (Lipinski definition) is 5. The molecule has 0 radical (unpaired) electrons. The zero-order valence-corrected chi connectivity index (χ0v) is 17.7.